The number of aryl methyl sites for hydroxylation is 1. The lowest BCUT2D eigenvalue weighted by Gasteiger charge is -2.28. The fraction of sp³-hybridized carbons (Fsp3) is 0.227. The molecule has 1 fully saturated rings. The Morgan fingerprint density at radius 3 is 2.32 bits per heavy atom. The van der Waals surface area contributed by atoms with E-state index in [1.54, 1.807) is 0 Å². The Labute approximate surface area is 163 Å². The molecular weight excluding hydrogens is 348 g/mol. The van der Waals surface area contributed by atoms with Gasteiger partial charge in [-0.3, -0.25) is 9.38 Å². The average molecular weight is 370 g/mol. The standard InChI is InChI=1S/C22H22N6/c1-16-2-3-17(12-24-16)19-5-7-22-26-14-20(28(22)15-19)18-4-6-21(25-13-18)27-10-8-23-9-11-27/h2-7,12-15,23H,8-11H2,1H3. The van der Waals surface area contributed by atoms with E-state index in [0.29, 0.717) is 0 Å². The van der Waals surface area contributed by atoms with Crippen LogP contribution < -0.4 is 10.2 Å². The van der Waals surface area contributed by atoms with Gasteiger partial charge in [-0.05, 0) is 37.3 Å². The minimum absolute atomic E-state index is 0.921. The third-order valence-corrected chi connectivity index (χ3v) is 5.23. The number of anilines is 1. The molecule has 0 unspecified atom stereocenters. The molecule has 5 rings (SSSR count). The molecule has 5 heterocycles. The smallest absolute Gasteiger partial charge is 0.137 e. The van der Waals surface area contributed by atoms with E-state index in [9.17, 15) is 0 Å². The highest BCUT2D eigenvalue weighted by Crippen LogP contribution is 2.25. The third-order valence-electron chi connectivity index (χ3n) is 5.23. The van der Waals surface area contributed by atoms with Gasteiger partial charge in [0.05, 0.1) is 11.9 Å². The van der Waals surface area contributed by atoms with E-state index in [1.807, 2.05) is 37.6 Å². The molecule has 6 heteroatoms. The Morgan fingerprint density at radius 2 is 1.57 bits per heavy atom. The summed E-state index contributed by atoms with van der Waals surface area (Å²) in [4.78, 5) is 16.0. The highest BCUT2D eigenvalue weighted by atomic mass is 15.2. The molecule has 6 nitrogen and oxygen atoms in total. The monoisotopic (exact) mass is 370 g/mol. The molecule has 0 amide bonds. The predicted octanol–water partition coefficient (Wildman–Crippen LogP) is 3.18. The normalized spacial score (nSPS) is 14.5. The van der Waals surface area contributed by atoms with Crippen molar-refractivity contribution in [2.24, 2.45) is 0 Å². The van der Waals surface area contributed by atoms with Gasteiger partial charge in [-0.25, -0.2) is 9.97 Å². The number of nitrogens with zero attached hydrogens (tertiary/aromatic N) is 5. The molecule has 28 heavy (non-hydrogen) atoms. The van der Waals surface area contributed by atoms with Crippen molar-refractivity contribution in [2.75, 3.05) is 31.1 Å². The maximum Gasteiger partial charge on any atom is 0.137 e. The van der Waals surface area contributed by atoms with E-state index in [4.69, 9.17) is 4.98 Å². The van der Waals surface area contributed by atoms with Crippen molar-refractivity contribution in [1.29, 1.82) is 0 Å². The molecule has 4 aromatic heterocycles. The lowest BCUT2D eigenvalue weighted by molar-refractivity contribution is 0.585. The molecule has 140 valence electrons. The molecule has 0 spiro atoms. The van der Waals surface area contributed by atoms with Crippen LogP contribution in [0.2, 0.25) is 0 Å². The summed E-state index contributed by atoms with van der Waals surface area (Å²) in [6, 6.07) is 12.5. The van der Waals surface area contributed by atoms with Crippen LogP contribution in [0.3, 0.4) is 0 Å². The molecule has 0 radical (unpaired) electrons. The molecule has 1 aliphatic rings. The van der Waals surface area contributed by atoms with E-state index >= 15 is 0 Å². The number of pyridine rings is 3. The highest BCUT2D eigenvalue weighted by molar-refractivity contribution is 5.69. The first-order valence-electron chi connectivity index (χ1n) is 9.60. The second-order valence-electron chi connectivity index (χ2n) is 7.12. The average Bonchev–Trinajstić information content (AvgIpc) is 3.18. The lowest BCUT2D eigenvalue weighted by Crippen LogP contribution is -2.43. The SMILES string of the molecule is Cc1ccc(-c2ccc3ncc(-c4ccc(N5CCNCC5)nc4)n3c2)cn1. The van der Waals surface area contributed by atoms with Gasteiger partial charge in [0, 0.05) is 67.2 Å². The van der Waals surface area contributed by atoms with Gasteiger partial charge in [0.15, 0.2) is 0 Å². The van der Waals surface area contributed by atoms with Gasteiger partial charge >= 0.3 is 0 Å². The van der Waals surface area contributed by atoms with E-state index in [2.05, 4.69) is 55.0 Å². The highest BCUT2D eigenvalue weighted by Gasteiger charge is 2.13. The Morgan fingerprint density at radius 1 is 0.786 bits per heavy atom. The van der Waals surface area contributed by atoms with Crippen molar-refractivity contribution >= 4 is 11.5 Å². The van der Waals surface area contributed by atoms with Crippen LogP contribution in [0.5, 0.6) is 0 Å². The topological polar surface area (TPSA) is 58.4 Å². The zero-order valence-electron chi connectivity index (χ0n) is 15.8. The van der Waals surface area contributed by atoms with Gasteiger partial charge in [0.1, 0.15) is 11.5 Å². The zero-order chi connectivity index (χ0) is 18.9. The molecule has 4 aromatic rings. The number of hydrogen-bond acceptors (Lipinski definition) is 5. The number of fused-ring (bicyclic) bond motifs is 1. The molecule has 1 N–H and O–H groups in total. The summed E-state index contributed by atoms with van der Waals surface area (Å²) in [6.07, 6.45) is 7.89. The minimum atomic E-state index is 0.921. The van der Waals surface area contributed by atoms with Gasteiger partial charge in [0.2, 0.25) is 0 Å². The summed E-state index contributed by atoms with van der Waals surface area (Å²) >= 11 is 0. The molecule has 0 aromatic carbocycles. The molecule has 0 bridgehead atoms. The third kappa shape index (κ3) is 3.12. The summed E-state index contributed by atoms with van der Waals surface area (Å²) in [5.41, 5.74) is 6.25. The van der Waals surface area contributed by atoms with Gasteiger partial charge < -0.3 is 10.2 Å². The Bertz CT molecular complexity index is 1090. The first kappa shape index (κ1) is 16.9. The maximum atomic E-state index is 4.70. The zero-order valence-corrected chi connectivity index (χ0v) is 15.8. The molecule has 1 aliphatic heterocycles. The van der Waals surface area contributed by atoms with Crippen molar-refractivity contribution in [3.05, 3.63) is 66.9 Å². The number of piperazine rings is 1. The van der Waals surface area contributed by atoms with Crippen LogP contribution in [0.1, 0.15) is 5.69 Å². The maximum absolute atomic E-state index is 4.70. The fourth-order valence-corrected chi connectivity index (χ4v) is 3.62. The summed E-state index contributed by atoms with van der Waals surface area (Å²) in [5, 5.41) is 3.37. The second kappa shape index (κ2) is 7.05. The van der Waals surface area contributed by atoms with Crippen molar-refractivity contribution in [3.63, 3.8) is 0 Å². The Balaban J connectivity index is 1.50. The second-order valence-corrected chi connectivity index (χ2v) is 7.12. The summed E-state index contributed by atoms with van der Waals surface area (Å²) in [6.45, 7) is 6.00. The van der Waals surface area contributed by atoms with Crippen LogP contribution in [0.15, 0.2) is 61.2 Å². The lowest BCUT2D eigenvalue weighted by atomic mass is 10.1. The van der Waals surface area contributed by atoms with Gasteiger partial charge in [0.25, 0.3) is 0 Å². The number of imidazole rings is 1. The van der Waals surface area contributed by atoms with Crippen LogP contribution in [-0.4, -0.2) is 45.5 Å². The van der Waals surface area contributed by atoms with E-state index < -0.39 is 0 Å². The van der Waals surface area contributed by atoms with Gasteiger partial charge in [-0.2, -0.15) is 0 Å². The molecule has 1 saturated heterocycles. The molecule has 0 aliphatic carbocycles. The summed E-state index contributed by atoms with van der Waals surface area (Å²) in [7, 11) is 0. The number of aromatic nitrogens is 4. The van der Waals surface area contributed by atoms with Crippen molar-refractivity contribution < 1.29 is 0 Å². The van der Waals surface area contributed by atoms with Crippen molar-refractivity contribution in [2.45, 2.75) is 6.92 Å². The van der Waals surface area contributed by atoms with Crippen LogP contribution in [-0.2, 0) is 0 Å². The molecule has 0 atom stereocenters. The summed E-state index contributed by atoms with van der Waals surface area (Å²) in [5.74, 6) is 1.03. The fourth-order valence-electron chi connectivity index (χ4n) is 3.62. The van der Waals surface area contributed by atoms with Crippen molar-refractivity contribution in [1.82, 2.24) is 24.7 Å². The Kier molecular flexibility index (Phi) is 4.25. The molecular formula is C22H22N6. The van der Waals surface area contributed by atoms with Crippen LogP contribution in [0.25, 0.3) is 28.0 Å². The largest absolute Gasteiger partial charge is 0.354 e. The van der Waals surface area contributed by atoms with Crippen LogP contribution in [0.4, 0.5) is 5.82 Å². The van der Waals surface area contributed by atoms with Gasteiger partial charge in [-0.15, -0.1) is 0 Å². The van der Waals surface area contributed by atoms with Crippen LogP contribution >= 0.6 is 0 Å². The first-order valence-corrected chi connectivity index (χ1v) is 9.60. The molecule has 0 saturated carbocycles. The van der Waals surface area contributed by atoms with E-state index in [1.165, 1.54) is 0 Å². The number of nitrogens with one attached hydrogen (secondary N) is 1. The van der Waals surface area contributed by atoms with E-state index in [0.717, 1.165) is 65.7 Å². The first-order chi connectivity index (χ1) is 13.8. The quantitative estimate of drug-likeness (QED) is 0.600. The van der Waals surface area contributed by atoms with Crippen molar-refractivity contribution in [3.8, 4) is 22.4 Å². The number of hydrogen-bond donors (Lipinski definition) is 1. The minimum Gasteiger partial charge on any atom is -0.354 e. The van der Waals surface area contributed by atoms with Crippen LogP contribution in [0, 0.1) is 6.92 Å². The Hall–Kier alpha value is -3.25. The summed E-state index contributed by atoms with van der Waals surface area (Å²) < 4.78 is 2.12. The van der Waals surface area contributed by atoms with Gasteiger partial charge in [-0.1, -0.05) is 6.07 Å². The van der Waals surface area contributed by atoms with E-state index in [-0.39, 0.29) is 0 Å². The predicted molar refractivity (Wildman–Crippen MR) is 111 cm³/mol. The number of rotatable bonds is 3.